The zero-order chi connectivity index (χ0) is 22.2. The summed E-state index contributed by atoms with van der Waals surface area (Å²) < 4.78 is 22.4. The number of nitrogens with zero attached hydrogens (tertiary/aromatic N) is 3. The number of nitrogens with one attached hydrogen (secondary N) is 1. The number of amides is 1. The first-order valence-electron chi connectivity index (χ1n) is 10.1. The zero-order valence-electron chi connectivity index (χ0n) is 17.8. The van der Waals surface area contributed by atoms with Gasteiger partial charge in [0.2, 0.25) is 23.5 Å². The summed E-state index contributed by atoms with van der Waals surface area (Å²) >= 11 is 6.35. The first-order valence-corrected chi connectivity index (χ1v) is 10.5. The first kappa shape index (κ1) is 23.0. The van der Waals surface area contributed by atoms with E-state index in [1.807, 2.05) is 19.1 Å². The minimum atomic E-state index is -0.0548. The third-order valence-corrected chi connectivity index (χ3v) is 5.08. The second-order valence-electron chi connectivity index (χ2n) is 7.46. The van der Waals surface area contributed by atoms with Crippen molar-refractivity contribution in [1.29, 1.82) is 0 Å². The van der Waals surface area contributed by atoms with E-state index < -0.39 is 0 Å². The molecule has 9 nitrogen and oxygen atoms in total. The lowest BCUT2D eigenvalue weighted by Gasteiger charge is -2.35. The molecule has 0 spiro atoms. The SMILES string of the molecule is COc1cccc(COc2ncnc(OCC3CC(OC[C@H](C)NC(C)=O)C3)c2Cl)n1. The monoisotopic (exact) mass is 450 g/mol. The van der Waals surface area contributed by atoms with Crippen molar-refractivity contribution in [2.75, 3.05) is 20.3 Å². The van der Waals surface area contributed by atoms with Crippen LogP contribution in [-0.2, 0) is 16.1 Å². The predicted octanol–water partition coefficient (Wildman–Crippen LogP) is 2.81. The first-order chi connectivity index (χ1) is 14.9. The number of rotatable bonds is 11. The Hall–Kier alpha value is -2.65. The van der Waals surface area contributed by atoms with Crippen LogP contribution >= 0.6 is 11.6 Å². The summed E-state index contributed by atoms with van der Waals surface area (Å²) in [5.74, 6) is 1.33. The van der Waals surface area contributed by atoms with Gasteiger partial charge in [0.25, 0.3) is 0 Å². The highest BCUT2D eigenvalue weighted by molar-refractivity contribution is 6.33. The summed E-state index contributed by atoms with van der Waals surface area (Å²) in [6.45, 7) is 4.58. The Morgan fingerprint density at radius 3 is 2.71 bits per heavy atom. The molecular formula is C21H27ClN4O5. The van der Waals surface area contributed by atoms with Crippen LogP contribution in [0.2, 0.25) is 5.02 Å². The van der Waals surface area contributed by atoms with Crippen LogP contribution < -0.4 is 19.5 Å². The summed E-state index contributed by atoms with van der Waals surface area (Å²) in [5.41, 5.74) is 0.685. The molecule has 31 heavy (non-hydrogen) atoms. The quantitative estimate of drug-likeness (QED) is 0.557. The van der Waals surface area contributed by atoms with Gasteiger partial charge in [-0.1, -0.05) is 17.7 Å². The van der Waals surface area contributed by atoms with Crippen molar-refractivity contribution < 1.29 is 23.7 Å². The van der Waals surface area contributed by atoms with Gasteiger partial charge < -0.3 is 24.3 Å². The minimum Gasteiger partial charge on any atom is -0.481 e. The van der Waals surface area contributed by atoms with Crippen molar-refractivity contribution in [3.63, 3.8) is 0 Å². The topological polar surface area (TPSA) is 105 Å². The lowest BCUT2D eigenvalue weighted by molar-refractivity contribution is -0.120. The van der Waals surface area contributed by atoms with E-state index in [9.17, 15) is 4.79 Å². The third-order valence-electron chi connectivity index (χ3n) is 4.75. The predicted molar refractivity (Wildman–Crippen MR) is 113 cm³/mol. The van der Waals surface area contributed by atoms with Crippen LogP contribution in [0.4, 0.5) is 0 Å². The Balaban J connectivity index is 1.42. The molecule has 168 valence electrons. The lowest BCUT2D eigenvalue weighted by Crippen LogP contribution is -2.40. The number of carbonyl (C=O) groups is 1. The Kier molecular flexibility index (Phi) is 8.25. The molecule has 0 unspecified atom stereocenters. The zero-order valence-corrected chi connectivity index (χ0v) is 18.6. The fourth-order valence-corrected chi connectivity index (χ4v) is 3.35. The molecule has 2 aromatic rings. The summed E-state index contributed by atoms with van der Waals surface area (Å²) in [5, 5.41) is 3.03. The van der Waals surface area contributed by atoms with E-state index in [2.05, 4.69) is 20.3 Å². The van der Waals surface area contributed by atoms with E-state index in [4.69, 9.17) is 30.5 Å². The molecule has 0 saturated heterocycles. The summed E-state index contributed by atoms with van der Waals surface area (Å²) in [6.07, 6.45) is 3.31. The van der Waals surface area contributed by atoms with Gasteiger partial charge >= 0.3 is 0 Å². The van der Waals surface area contributed by atoms with Crippen LogP contribution in [0.25, 0.3) is 0 Å². The molecule has 10 heteroatoms. The standard InChI is InChI=1S/C21H27ClN4O5/c1-13(25-14(2)27)9-29-17-7-15(8-17)10-30-20-19(22)21(24-12-23-20)31-11-16-5-4-6-18(26-16)28-3/h4-6,12-13,15,17H,7-11H2,1-3H3,(H,25,27)/t13-,15?,17?/m0/s1. The summed E-state index contributed by atoms with van der Waals surface area (Å²) in [4.78, 5) is 23.5. The Labute approximate surface area is 186 Å². The number of halogens is 1. The fourth-order valence-electron chi connectivity index (χ4n) is 3.15. The van der Waals surface area contributed by atoms with Gasteiger partial charge in [0.15, 0.2) is 5.02 Å². The molecule has 3 rings (SSSR count). The largest absolute Gasteiger partial charge is 0.481 e. The van der Waals surface area contributed by atoms with Crippen molar-refractivity contribution in [3.05, 3.63) is 35.2 Å². The van der Waals surface area contributed by atoms with Gasteiger partial charge in [0.1, 0.15) is 12.9 Å². The lowest BCUT2D eigenvalue weighted by atomic mass is 9.83. The molecule has 1 N–H and O–H groups in total. The number of aromatic nitrogens is 3. The van der Waals surface area contributed by atoms with Crippen LogP contribution in [-0.4, -0.2) is 53.3 Å². The van der Waals surface area contributed by atoms with Crippen molar-refractivity contribution in [1.82, 2.24) is 20.3 Å². The molecule has 2 aromatic heterocycles. The van der Waals surface area contributed by atoms with E-state index in [1.54, 1.807) is 13.2 Å². The van der Waals surface area contributed by atoms with Crippen LogP contribution in [0.1, 0.15) is 32.4 Å². The molecule has 0 aromatic carbocycles. The Morgan fingerprint density at radius 1 is 1.26 bits per heavy atom. The molecular weight excluding hydrogens is 424 g/mol. The molecule has 1 aliphatic carbocycles. The molecule has 1 amide bonds. The van der Waals surface area contributed by atoms with Crippen molar-refractivity contribution >= 4 is 17.5 Å². The van der Waals surface area contributed by atoms with E-state index in [1.165, 1.54) is 13.3 Å². The Bertz CT molecular complexity index is 879. The highest BCUT2D eigenvalue weighted by Gasteiger charge is 2.31. The normalized spacial score (nSPS) is 18.6. The maximum absolute atomic E-state index is 11.0. The Morgan fingerprint density at radius 2 is 2.00 bits per heavy atom. The maximum Gasteiger partial charge on any atom is 0.240 e. The molecule has 0 aliphatic heterocycles. The van der Waals surface area contributed by atoms with Crippen LogP contribution in [0.3, 0.4) is 0 Å². The van der Waals surface area contributed by atoms with Gasteiger partial charge in [-0.05, 0) is 31.7 Å². The van der Waals surface area contributed by atoms with Crippen molar-refractivity contribution in [2.45, 2.75) is 45.4 Å². The molecule has 2 heterocycles. The van der Waals surface area contributed by atoms with Gasteiger partial charge in [-0.25, -0.2) is 15.0 Å². The molecule has 1 atom stereocenters. The second-order valence-corrected chi connectivity index (χ2v) is 7.84. The van der Waals surface area contributed by atoms with E-state index in [0.717, 1.165) is 12.8 Å². The van der Waals surface area contributed by atoms with Gasteiger partial charge in [-0.2, -0.15) is 0 Å². The summed E-state index contributed by atoms with van der Waals surface area (Å²) in [6, 6.07) is 5.41. The number of carbonyl (C=O) groups excluding carboxylic acids is 1. The van der Waals surface area contributed by atoms with E-state index >= 15 is 0 Å². The van der Waals surface area contributed by atoms with E-state index in [0.29, 0.717) is 30.7 Å². The van der Waals surface area contributed by atoms with Gasteiger partial charge in [0.05, 0.1) is 32.1 Å². The molecule has 1 saturated carbocycles. The van der Waals surface area contributed by atoms with Crippen molar-refractivity contribution in [2.24, 2.45) is 5.92 Å². The minimum absolute atomic E-state index is 0.00165. The second kappa shape index (κ2) is 11.1. The average molecular weight is 451 g/mol. The fraction of sp³-hybridized carbons (Fsp3) is 0.524. The van der Waals surface area contributed by atoms with Crippen LogP contribution in [0.15, 0.2) is 24.5 Å². The number of hydrogen-bond acceptors (Lipinski definition) is 8. The highest BCUT2D eigenvalue weighted by atomic mass is 35.5. The maximum atomic E-state index is 11.0. The number of methoxy groups -OCH3 is 1. The van der Waals surface area contributed by atoms with Gasteiger partial charge in [-0.3, -0.25) is 4.79 Å². The van der Waals surface area contributed by atoms with Gasteiger partial charge in [0, 0.05) is 19.0 Å². The molecule has 1 aliphatic rings. The number of ether oxygens (including phenoxy) is 4. The highest BCUT2D eigenvalue weighted by Crippen LogP contribution is 2.34. The van der Waals surface area contributed by atoms with Crippen molar-refractivity contribution in [3.8, 4) is 17.6 Å². The van der Waals surface area contributed by atoms with E-state index in [-0.39, 0.29) is 41.4 Å². The number of hydrogen-bond donors (Lipinski definition) is 1. The van der Waals surface area contributed by atoms with Crippen LogP contribution in [0, 0.1) is 5.92 Å². The molecule has 1 fully saturated rings. The smallest absolute Gasteiger partial charge is 0.240 e. The van der Waals surface area contributed by atoms with Crippen LogP contribution in [0.5, 0.6) is 17.6 Å². The van der Waals surface area contributed by atoms with Gasteiger partial charge in [-0.15, -0.1) is 0 Å². The number of pyridine rings is 1. The average Bonchev–Trinajstić information content (AvgIpc) is 2.72. The molecule has 0 radical (unpaired) electrons. The molecule has 0 bridgehead atoms. The third kappa shape index (κ3) is 6.93. The summed E-state index contributed by atoms with van der Waals surface area (Å²) in [7, 11) is 1.56.